The van der Waals surface area contributed by atoms with Crippen LogP contribution in [0.25, 0.3) is 11.1 Å². The Morgan fingerprint density at radius 1 is 1.03 bits per heavy atom. The second kappa shape index (κ2) is 9.63. The summed E-state index contributed by atoms with van der Waals surface area (Å²) in [7, 11) is 0. The fourth-order valence-corrected chi connectivity index (χ4v) is 5.83. The summed E-state index contributed by atoms with van der Waals surface area (Å²) < 4.78 is 13.9. The Morgan fingerprint density at radius 3 is 2.40 bits per heavy atom. The quantitative estimate of drug-likeness (QED) is 0.415. The van der Waals surface area contributed by atoms with Crippen LogP contribution < -0.4 is 10.2 Å². The molecule has 0 atom stereocenters. The van der Waals surface area contributed by atoms with Gasteiger partial charge in [-0.3, -0.25) is 4.90 Å². The van der Waals surface area contributed by atoms with Gasteiger partial charge in [-0.25, -0.2) is 9.18 Å². The Morgan fingerprint density at radius 2 is 1.74 bits per heavy atom. The summed E-state index contributed by atoms with van der Waals surface area (Å²) >= 11 is 6.57. The number of hydrogen-bond donors (Lipinski definition) is 1. The van der Waals surface area contributed by atoms with Gasteiger partial charge in [-0.15, -0.1) is 0 Å². The number of hydrogen-bond acceptors (Lipinski definition) is 2. The molecule has 2 aliphatic rings. The van der Waals surface area contributed by atoms with Gasteiger partial charge < -0.3 is 10.2 Å². The second-order valence-corrected chi connectivity index (χ2v) is 10.0. The Balaban J connectivity index is 1.72. The zero-order valence-corrected chi connectivity index (χ0v) is 21.3. The number of benzene rings is 3. The van der Waals surface area contributed by atoms with Gasteiger partial charge >= 0.3 is 6.03 Å². The highest BCUT2D eigenvalue weighted by atomic mass is 35.5. The van der Waals surface area contributed by atoms with Crippen LogP contribution in [0.2, 0.25) is 5.02 Å². The molecule has 182 valence electrons. The average molecular weight is 492 g/mol. The summed E-state index contributed by atoms with van der Waals surface area (Å²) in [6.45, 7) is 9.85. The van der Waals surface area contributed by atoms with Crippen molar-refractivity contribution in [1.29, 1.82) is 0 Å². The molecule has 5 rings (SSSR count). The van der Waals surface area contributed by atoms with Gasteiger partial charge in [0.15, 0.2) is 0 Å². The molecule has 1 saturated heterocycles. The number of para-hydroxylation sites is 1. The molecule has 6 heteroatoms. The number of carbonyl (C=O) groups excluding carboxylic acids is 1. The largest absolute Gasteiger partial charge is 0.333 e. The molecule has 2 amide bonds. The van der Waals surface area contributed by atoms with E-state index in [2.05, 4.69) is 29.3 Å². The molecule has 0 saturated carbocycles. The van der Waals surface area contributed by atoms with Crippen LogP contribution in [0, 0.1) is 19.7 Å². The molecule has 4 nitrogen and oxygen atoms in total. The maximum absolute atomic E-state index is 13.9. The van der Waals surface area contributed by atoms with Crippen molar-refractivity contribution in [3.05, 3.63) is 81.6 Å². The van der Waals surface area contributed by atoms with Crippen LogP contribution in [0.3, 0.4) is 0 Å². The maximum Gasteiger partial charge on any atom is 0.326 e. The van der Waals surface area contributed by atoms with Gasteiger partial charge in [-0.2, -0.15) is 0 Å². The van der Waals surface area contributed by atoms with Crippen LogP contribution in [0.15, 0.2) is 48.5 Å². The number of amides is 2. The standard InChI is InChI=1S/C29H31ClFN3O/c1-4-33-12-10-20(11-13-33)21-14-24(23-9-8-22(31)16-26(23)30)25-17-32-29(35)34(27(25)15-21)28-18(2)6-5-7-19(28)3/h5-9,14-16,20H,4,10-13,17H2,1-3H3,(H,32,35). The highest BCUT2D eigenvalue weighted by molar-refractivity contribution is 6.33. The summed E-state index contributed by atoms with van der Waals surface area (Å²) in [4.78, 5) is 17.6. The Hall–Kier alpha value is -2.89. The van der Waals surface area contributed by atoms with Crippen molar-refractivity contribution >= 4 is 29.0 Å². The Bertz CT molecular complexity index is 1260. The van der Waals surface area contributed by atoms with E-state index in [9.17, 15) is 9.18 Å². The summed E-state index contributed by atoms with van der Waals surface area (Å²) in [5.74, 6) is 0.0343. The molecule has 3 aromatic carbocycles. The first-order valence-electron chi connectivity index (χ1n) is 12.4. The Labute approximate surface area is 211 Å². The van der Waals surface area contributed by atoms with E-state index < -0.39 is 0 Å². The predicted molar refractivity (Wildman–Crippen MR) is 141 cm³/mol. The third-order valence-corrected chi connectivity index (χ3v) is 7.81. The number of halogens is 2. The van der Waals surface area contributed by atoms with Crippen LogP contribution in [-0.2, 0) is 6.54 Å². The first-order valence-corrected chi connectivity index (χ1v) is 12.7. The van der Waals surface area contributed by atoms with Gasteiger partial charge in [0.2, 0.25) is 0 Å². The molecule has 2 heterocycles. The van der Waals surface area contributed by atoms with Crippen molar-refractivity contribution in [1.82, 2.24) is 10.2 Å². The Kier molecular flexibility index (Phi) is 6.56. The van der Waals surface area contributed by atoms with Crippen molar-refractivity contribution in [2.45, 2.75) is 46.1 Å². The minimum absolute atomic E-state index is 0.135. The van der Waals surface area contributed by atoms with E-state index in [1.54, 1.807) is 6.07 Å². The van der Waals surface area contributed by atoms with E-state index in [0.717, 1.165) is 71.7 Å². The van der Waals surface area contributed by atoms with Gasteiger partial charge in [0.25, 0.3) is 0 Å². The van der Waals surface area contributed by atoms with Crippen molar-refractivity contribution in [2.24, 2.45) is 0 Å². The molecule has 3 aromatic rings. The molecule has 0 aliphatic carbocycles. The monoisotopic (exact) mass is 491 g/mol. The third-order valence-electron chi connectivity index (χ3n) is 7.50. The fraction of sp³-hybridized carbons (Fsp3) is 0.345. The number of nitrogens with one attached hydrogen (secondary N) is 1. The smallest absolute Gasteiger partial charge is 0.326 e. The lowest BCUT2D eigenvalue weighted by Gasteiger charge is -2.36. The normalized spacial score (nSPS) is 16.8. The van der Waals surface area contributed by atoms with Crippen LogP contribution in [-0.4, -0.2) is 30.6 Å². The third kappa shape index (κ3) is 4.43. The molecule has 0 radical (unpaired) electrons. The molecule has 1 fully saturated rings. The maximum atomic E-state index is 13.9. The lowest BCUT2D eigenvalue weighted by atomic mass is 9.84. The number of piperidine rings is 1. The zero-order valence-electron chi connectivity index (χ0n) is 20.5. The molecule has 0 aromatic heterocycles. The van der Waals surface area contributed by atoms with Gasteiger partial charge in [0, 0.05) is 17.7 Å². The SMILES string of the molecule is CCN1CCC(c2cc(-c3ccc(F)cc3Cl)c3c(c2)N(c2c(C)cccc2C)C(=O)NC3)CC1. The van der Waals surface area contributed by atoms with Crippen LogP contribution in [0.4, 0.5) is 20.6 Å². The van der Waals surface area contributed by atoms with Gasteiger partial charge in [0.1, 0.15) is 5.82 Å². The number of anilines is 2. The second-order valence-electron chi connectivity index (χ2n) is 9.63. The van der Waals surface area contributed by atoms with Crippen LogP contribution in [0.1, 0.15) is 47.9 Å². The predicted octanol–water partition coefficient (Wildman–Crippen LogP) is 7.32. The molecular weight excluding hydrogens is 461 g/mol. The lowest BCUT2D eigenvalue weighted by Crippen LogP contribution is -2.42. The van der Waals surface area contributed by atoms with Crippen LogP contribution in [0.5, 0.6) is 0 Å². The summed E-state index contributed by atoms with van der Waals surface area (Å²) in [5, 5.41) is 3.43. The van der Waals surface area contributed by atoms with Crippen molar-refractivity contribution in [3.8, 4) is 11.1 Å². The number of rotatable bonds is 4. The number of aryl methyl sites for hydroxylation is 2. The summed E-state index contributed by atoms with van der Waals surface area (Å²) in [6, 6.07) is 14.9. The van der Waals surface area contributed by atoms with Gasteiger partial charge in [-0.05, 0) is 98.8 Å². The van der Waals surface area contributed by atoms with Crippen molar-refractivity contribution in [2.75, 3.05) is 24.5 Å². The average Bonchev–Trinajstić information content (AvgIpc) is 2.84. The van der Waals surface area contributed by atoms with Crippen molar-refractivity contribution in [3.63, 3.8) is 0 Å². The van der Waals surface area contributed by atoms with E-state index in [4.69, 9.17) is 11.6 Å². The number of fused-ring (bicyclic) bond motifs is 1. The van der Waals surface area contributed by atoms with Crippen LogP contribution >= 0.6 is 11.6 Å². The first kappa shape index (κ1) is 23.8. The molecule has 0 unspecified atom stereocenters. The van der Waals surface area contributed by atoms with E-state index in [1.165, 1.54) is 17.7 Å². The topological polar surface area (TPSA) is 35.6 Å². The number of urea groups is 1. The lowest BCUT2D eigenvalue weighted by molar-refractivity contribution is 0.222. The molecular formula is C29H31ClFN3O. The first-order chi connectivity index (χ1) is 16.9. The zero-order chi connectivity index (χ0) is 24.7. The van der Waals surface area contributed by atoms with E-state index in [0.29, 0.717) is 17.5 Å². The number of likely N-dealkylation sites (tertiary alicyclic amines) is 1. The fourth-order valence-electron chi connectivity index (χ4n) is 5.56. The summed E-state index contributed by atoms with van der Waals surface area (Å²) in [6.07, 6.45) is 2.14. The molecule has 0 bridgehead atoms. The molecule has 35 heavy (non-hydrogen) atoms. The van der Waals surface area contributed by atoms with Crippen molar-refractivity contribution < 1.29 is 9.18 Å². The van der Waals surface area contributed by atoms with Gasteiger partial charge in [0.05, 0.1) is 16.4 Å². The van der Waals surface area contributed by atoms with E-state index in [1.807, 2.05) is 36.9 Å². The van der Waals surface area contributed by atoms with E-state index in [-0.39, 0.29) is 11.8 Å². The van der Waals surface area contributed by atoms with Gasteiger partial charge in [-0.1, -0.05) is 42.8 Å². The van der Waals surface area contributed by atoms with E-state index >= 15 is 0 Å². The number of carbonyl (C=O) groups is 1. The summed E-state index contributed by atoms with van der Waals surface area (Å²) in [5.41, 5.74) is 7.81. The molecule has 2 aliphatic heterocycles. The minimum atomic E-state index is -0.360. The molecule has 1 N–H and O–H groups in total. The number of nitrogens with zero attached hydrogens (tertiary/aromatic N) is 2. The highest BCUT2D eigenvalue weighted by Gasteiger charge is 2.32. The minimum Gasteiger partial charge on any atom is -0.333 e. The highest BCUT2D eigenvalue weighted by Crippen LogP contribution is 2.44. The molecule has 0 spiro atoms.